The van der Waals surface area contributed by atoms with Gasteiger partial charge in [-0.3, -0.25) is 10.4 Å². The van der Waals surface area contributed by atoms with E-state index < -0.39 is 21.9 Å². The van der Waals surface area contributed by atoms with Gasteiger partial charge in [0.25, 0.3) is 0 Å². The van der Waals surface area contributed by atoms with Gasteiger partial charge in [0, 0.05) is 13.2 Å². The maximum Gasteiger partial charge on any atom is 0.245 e. The van der Waals surface area contributed by atoms with E-state index in [1.54, 1.807) is 0 Å². The molecule has 1 unspecified atom stereocenters. The molecular formula is C9H13FN4O2S. The molecule has 0 aliphatic heterocycles. The Kier molecular flexibility index (Phi) is 3.79. The molecule has 1 rings (SSSR count). The molecule has 0 bridgehead atoms. The number of nitrogens with one attached hydrogen (secondary N) is 1. The number of pyridine rings is 1. The first kappa shape index (κ1) is 13.5. The Morgan fingerprint density at radius 2 is 2.18 bits per heavy atom. The van der Waals surface area contributed by atoms with Gasteiger partial charge in [-0.2, -0.15) is 4.31 Å². The van der Waals surface area contributed by atoms with Crippen molar-refractivity contribution >= 4 is 15.9 Å². The van der Waals surface area contributed by atoms with Crippen molar-refractivity contribution in [3.05, 3.63) is 24.3 Å². The lowest BCUT2D eigenvalue weighted by molar-refractivity contribution is 0.447. The van der Waals surface area contributed by atoms with E-state index in [0.717, 1.165) is 22.8 Å². The average molecular weight is 260 g/mol. The summed E-state index contributed by atoms with van der Waals surface area (Å²) in [7, 11) is -2.63. The molecule has 0 saturated carbocycles. The predicted octanol–water partition coefficient (Wildman–Crippen LogP) is 0.166. The molecule has 6 nitrogen and oxygen atoms in total. The topological polar surface area (TPSA) is 100 Å². The summed E-state index contributed by atoms with van der Waals surface area (Å²) < 4.78 is 37.8. The Bertz CT molecular complexity index is 532. The molecule has 0 saturated heterocycles. The smallest absolute Gasteiger partial charge is 0.245 e. The Morgan fingerprint density at radius 1 is 1.59 bits per heavy atom. The first-order chi connectivity index (χ1) is 7.76. The Labute approximate surface area is 98.8 Å². The molecule has 1 atom stereocenters. The van der Waals surface area contributed by atoms with E-state index in [4.69, 9.17) is 11.1 Å². The number of sulfonamides is 1. The molecular weight excluding hydrogens is 247 g/mol. The van der Waals surface area contributed by atoms with Crippen LogP contribution in [0.1, 0.15) is 6.92 Å². The quantitative estimate of drug-likeness (QED) is 0.595. The molecule has 0 aliphatic carbocycles. The second kappa shape index (κ2) is 4.76. The van der Waals surface area contributed by atoms with Crippen LogP contribution in [0.2, 0.25) is 0 Å². The lowest BCUT2D eigenvalue weighted by Crippen LogP contribution is -2.43. The number of hydrogen-bond acceptors (Lipinski definition) is 4. The summed E-state index contributed by atoms with van der Waals surface area (Å²) in [4.78, 5) is 3.20. The van der Waals surface area contributed by atoms with Crippen molar-refractivity contribution in [3.63, 3.8) is 0 Å². The maximum atomic E-state index is 12.9. The summed E-state index contributed by atoms with van der Waals surface area (Å²) in [6.45, 7) is 1.46. The first-order valence-electron chi connectivity index (χ1n) is 4.69. The van der Waals surface area contributed by atoms with Crippen molar-refractivity contribution < 1.29 is 12.8 Å². The minimum Gasteiger partial charge on any atom is -0.386 e. The van der Waals surface area contributed by atoms with Crippen molar-refractivity contribution in [1.29, 1.82) is 5.41 Å². The highest BCUT2D eigenvalue weighted by Gasteiger charge is 2.27. The van der Waals surface area contributed by atoms with Crippen LogP contribution >= 0.6 is 0 Å². The van der Waals surface area contributed by atoms with E-state index >= 15 is 0 Å². The number of aromatic nitrogens is 1. The Balaban J connectivity index is 3.16. The molecule has 0 radical (unpaired) electrons. The van der Waals surface area contributed by atoms with E-state index in [0.29, 0.717) is 0 Å². The van der Waals surface area contributed by atoms with Gasteiger partial charge in [0.05, 0.1) is 12.2 Å². The minimum atomic E-state index is -3.90. The third kappa shape index (κ3) is 2.77. The van der Waals surface area contributed by atoms with Gasteiger partial charge in [0.1, 0.15) is 16.5 Å². The van der Waals surface area contributed by atoms with Gasteiger partial charge in [0.2, 0.25) is 10.0 Å². The highest BCUT2D eigenvalue weighted by Crippen LogP contribution is 2.16. The van der Waals surface area contributed by atoms with Crippen molar-refractivity contribution in [2.45, 2.75) is 17.9 Å². The maximum absolute atomic E-state index is 12.9. The van der Waals surface area contributed by atoms with Crippen LogP contribution < -0.4 is 5.73 Å². The zero-order chi connectivity index (χ0) is 13.2. The van der Waals surface area contributed by atoms with Crippen molar-refractivity contribution in [2.24, 2.45) is 5.73 Å². The van der Waals surface area contributed by atoms with Crippen LogP contribution in [0.4, 0.5) is 4.39 Å². The van der Waals surface area contributed by atoms with Crippen LogP contribution in [0.15, 0.2) is 23.4 Å². The lowest BCUT2D eigenvalue weighted by Gasteiger charge is -2.22. The first-order valence-corrected chi connectivity index (χ1v) is 6.13. The van der Waals surface area contributed by atoms with Crippen LogP contribution in [-0.2, 0) is 10.0 Å². The molecule has 94 valence electrons. The SMILES string of the molecule is CC(C(=N)N)N(C)S(=O)(=O)c1cncc(F)c1. The normalized spacial score (nSPS) is 13.6. The van der Waals surface area contributed by atoms with Gasteiger partial charge in [-0.15, -0.1) is 0 Å². The monoisotopic (exact) mass is 260 g/mol. The van der Waals surface area contributed by atoms with E-state index in [-0.39, 0.29) is 10.7 Å². The van der Waals surface area contributed by atoms with Gasteiger partial charge >= 0.3 is 0 Å². The van der Waals surface area contributed by atoms with E-state index in [1.165, 1.54) is 14.0 Å². The number of rotatable bonds is 4. The largest absolute Gasteiger partial charge is 0.386 e. The van der Waals surface area contributed by atoms with E-state index in [1.807, 2.05) is 0 Å². The Hall–Kier alpha value is -1.54. The molecule has 1 aromatic rings. The number of hydrogen-bond donors (Lipinski definition) is 2. The molecule has 1 aromatic heterocycles. The van der Waals surface area contributed by atoms with Gasteiger partial charge in [-0.25, -0.2) is 12.8 Å². The molecule has 0 aromatic carbocycles. The lowest BCUT2D eigenvalue weighted by atomic mass is 10.3. The standard InChI is InChI=1S/C9H13FN4O2S/c1-6(9(11)12)14(2)17(15,16)8-3-7(10)4-13-5-8/h3-6H,1-2H3,(H3,11,12). The minimum absolute atomic E-state index is 0.270. The van der Waals surface area contributed by atoms with Crippen LogP contribution in [-0.4, -0.2) is 36.6 Å². The van der Waals surface area contributed by atoms with Gasteiger partial charge in [0.15, 0.2) is 0 Å². The van der Waals surface area contributed by atoms with Crippen LogP contribution in [0.3, 0.4) is 0 Å². The second-order valence-electron chi connectivity index (χ2n) is 3.49. The molecule has 0 spiro atoms. The molecule has 1 heterocycles. The fraction of sp³-hybridized carbons (Fsp3) is 0.333. The predicted molar refractivity (Wildman–Crippen MR) is 60.5 cm³/mol. The fourth-order valence-electron chi connectivity index (χ4n) is 1.10. The second-order valence-corrected chi connectivity index (χ2v) is 5.49. The highest BCUT2D eigenvalue weighted by molar-refractivity contribution is 7.89. The summed E-state index contributed by atoms with van der Waals surface area (Å²) in [6.07, 6.45) is 1.95. The summed E-state index contributed by atoms with van der Waals surface area (Å²) in [6, 6.07) is 0.0642. The van der Waals surface area contributed by atoms with Crippen molar-refractivity contribution in [3.8, 4) is 0 Å². The van der Waals surface area contributed by atoms with E-state index in [9.17, 15) is 12.8 Å². The number of likely N-dealkylation sites (N-methyl/N-ethyl adjacent to an activating group) is 1. The zero-order valence-corrected chi connectivity index (χ0v) is 10.2. The summed E-state index contributed by atoms with van der Waals surface area (Å²) in [5.41, 5.74) is 5.23. The zero-order valence-electron chi connectivity index (χ0n) is 9.38. The summed E-state index contributed by atoms with van der Waals surface area (Å²) in [5.74, 6) is -1.03. The fourth-order valence-corrected chi connectivity index (χ4v) is 2.42. The third-order valence-electron chi connectivity index (χ3n) is 2.35. The number of halogens is 1. The molecule has 0 aliphatic rings. The average Bonchev–Trinajstić information content (AvgIpc) is 2.26. The third-order valence-corrected chi connectivity index (χ3v) is 4.25. The van der Waals surface area contributed by atoms with Gasteiger partial charge < -0.3 is 5.73 Å². The van der Waals surface area contributed by atoms with Crippen molar-refractivity contribution in [1.82, 2.24) is 9.29 Å². The van der Waals surface area contributed by atoms with Gasteiger partial charge in [-0.05, 0) is 13.0 Å². The highest BCUT2D eigenvalue weighted by atomic mass is 32.2. The van der Waals surface area contributed by atoms with Crippen LogP contribution in [0, 0.1) is 11.2 Å². The number of nitrogens with zero attached hydrogens (tertiary/aromatic N) is 2. The Morgan fingerprint density at radius 3 is 2.65 bits per heavy atom. The number of nitrogens with two attached hydrogens (primary N) is 1. The molecule has 8 heteroatoms. The molecule has 0 fully saturated rings. The van der Waals surface area contributed by atoms with Crippen molar-refractivity contribution in [2.75, 3.05) is 7.05 Å². The summed E-state index contributed by atoms with van der Waals surface area (Å²) >= 11 is 0. The van der Waals surface area contributed by atoms with Crippen LogP contribution in [0.5, 0.6) is 0 Å². The van der Waals surface area contributed by atoms with Crippen LogP contribution in [0.25, 0.3) is 0 Å². The van der Waals surface area contributed by atoms with Gasteiger partial charge in [-0.1, -0.05) is 0 Å². The summed E-state index contributed by atoms with van der Waals surface area (Å²) in [5, 5.41) is 7.20. The van der Waals surface area contributed by atoms with E-state index in [2.05, 4.69) is 4.98 Å². The molecule has 17 heavy (non-hydrogen) atoms. The molecule has 3 N–H and O–H groups in total. The number of amidine groups is 1. The molecule has 0 amide bonds.